The molecule has 1 aliphatic carbocycles. The second kappa shape index (κ2) is 6.52. The van der Waals surface area contributed by atoms with Crippen LogP contribution in [0.15, 0.2) is 0 Å². The fraction of sp³-hybridized carbons (Fsp3) is 1.00. The minimum atomic E-state index is -3.33. The summed E-state index contributed by atoms with van der Waals surface area (Å²) in [7, 11) is -1.58. The lowest BCUT2D eigenvalue weighted by Gasteiger charge is -2.41. The molecule has 2 fully saturated rings. The van der Waals surface area contributed by atoms with Gasteiger partial charge in [0.15, 0.2) is 0 Å². The van der Waals surface area contributed by atoms with Gasteiger partial charge in [0.2, 0.25) is 0 Å². The van der Waals surface area contributed by atoms with Crippen molar-refractivity contribution >= 4 is 10.2 Å². The zero-order valence-electron chi connectivity index (χ0n) is 13.7. The first-order chi connectivity index (χ1) is 9.76. The summed E-state index contributed by atoms with van der Waals surface area (Å²) >= 11 is 0. The fourth-order valence-corrected chi connectivity index (χ4v) is 5.26. The van der Waals surface area contributed by atoms with E-state index < -0.39 is 10.2 Å². The van der Waals surface area contributed by atoms with Gasteiger partial charge in [0.05, 0.1) is 0 Å². The number of piperidine rings is 1. The highest BCUT2D eigenvalue weighted by Crippen LogP contribution is 2.37. The Labute approximate surface area is 130 Å². The van der Waals surface area contributed by atoms with E-state index in [0.717, 1.165) is 38.5 Å². The van der Waals surface area contributed by atoms with E-state index in [1.165, 1.54) is 0 Å². The molecule has 6 heteroatoms. The largest absolute Gasteiger partial charge is 0.330 e. The maximum Gasteiger partial charge on any atom is 0.281 e. The Morgan fingerprint density at radius 2 is 1.86 bits per heavy atom. The van der Waals surface area contributed by atoms with Crippen molar-refractivity contribution in [2.24, 2.45) is 17.1 Å². The van der Waals surface area contributed by atoms with Crippen LogP contribution < -0.4 is 5.73 Å². The molecule has 0 spiro atoms. The molecule has 1 heterocycles. The van der Waals surface area contributed by atoms with Crippen molar-refractivity contribution in [2.45, 2.75) is 58.4 Å². The molecule has 2 rings (SSSR count). The SMILES string of the molecule is CN(C1CCC(C)(C)CC1)S(=O)(=O)N1CCCC(CN)C1. The maximum atomic E-state index is 12.8. The van der Waals surface area contributed by atoms with Crippen LogP contribution in [0.4, 0.5) is 0 Å². The number of nitrogens with two attached hydrogens (primary N) is 1. The third-order valence-electron chi connectivity index (χ3n) is 5.33. The van der Waals surface area contributed by atoms with E-state index in [4.69, 9.17) is 5.73 Å². The topological polar surface area (TPSA) is 66.6 Å². The van der Waals surface area contributed by atoms with E-state index in [9.17, 15) is 8.42 Å². The number of hydrogen-bond acceptors (Lipinski definition) is 3. The van der Waals surface area contributed by atoms with E-state index in [-0.39, 0.29) is 6.04 Å². The van der Waals surface area contributed by atoms with E-state index >= 15 is 0 Å². The molecular formula is C15H31N3O2S. The van der Waals surface area contributed by atoms with E-state index in [1.807, 2.05) is 0 Å². The summed E-state index contributed by atoms with van der Waals surface area (Å²) in [6, 6.07) is 0.154. The Hall–Kier alpha value is -0.170. The second-order valence-corrected chi connectivity index (χ2v) is 9.51. The van der Waals surface area contributed by atoms with Crippen LogP contribution in [0.3, 0.4) is 0 Å². The predicted molar refractivity (Wildman–Crippen MR) is 86.1 cm³/mol. The highest BCUT2D eigenvalue weighted by molar-refractivity contribution is 7.86. The fourth-order valence-electron chi connectivity index (χ4n) is 3.55. The van der Waals surface area contributed by atoms with Gasteiger partial charge in [-0.1, -0.05) is 13.8 Å². The standard InChI is InChI=1S/C15H31N3O2S/c1-15(2)8-6-14(7-9-15)17(3)21(19,20)18-10-4-5-13(11-16)12-18/h13-14H,4-12,16H2,1-3H3. The van der Waals surface area contributed by atoms with Gasteiger partial charge in [0.25, 0.3) is 10.2 Å². The molecule has 0 aromatic carbocycles. The molecule has 2 N–H and O–H groups in total. The van der Waals surface area contributed by atoms with Crippen LogP contribution in [-0.2, 0) is 10.2 Å². The highest BCUT2D eigenvalue weighted by Gasteiger charge is 2.37. The summed E-state index contributed by atoms with van der Waals surface area (Å²) in [4.78, 5) is 0. The van der Waals surface area contributed by atoms with Crippen LogP contribution in [0.2, 0.25) is 0 Å². The van der Waals surface area contributed by atoms with Crippen molar-refractivity contribution in [2.75, 3.05) is 26.7 Å². The first-order valence-corrected chi connectivity index (χ1v) is 9.59. The van der Waals surface area contributed by atoms with Gasteiger partial charge in [-0.3, -0.25) is 0 Å². The first-order valence-electron chi connectivity index (χ1n) is 8.19. The molecule has 0 bridgehead atoms. The number of rotatable bonds is 4. The summed E-state index contributed by atoms with van der Waals surface area (Å²) in [5, 5.41) is 0. The molecule has 1 saturated carbocycles. The summed E-state index contributed by atoms with van der Waals surface area (Å²) in [5.74, 6) is 0.312. The quantitative estimate of drug-likeness (QED) is 0.860. The molecule has 0 radical (unpaired) electrons. The third kappa shape index (κ3) is 3.97. The van der Waals surface area contributed by atoms with Gasteiger partial charge >= 0.3 is 0 Å². The smallest absolute Gasteiger partial charge is 0.281 e. The number of nitrogens with zero attached hydrogens (tertiary/aromatic N) is 2. The minimum absolute atomic E-state index is 0.154. The zero-order chi connectivity index (χ0) is 15.7. The predicted octanol–water partition coefficient (Wildman–Crippen LogP) is 1.80. The van der Waals surface area contributed by atoms with Crippen molar-refractivity contribution in [1.29, 1.82) is 0 Å². The lowest BCUT2D eigenvalue weighted by molar-refractivity contribution is 0.164. The molecular weight excluding hydrogens is 286 g/mol. The minimum Gasteiger partial charge on any atom is -0.330 e. The van der Waals surface area contributed by atoms with E-state index in [1.54, 1.807) is 15.7 Å². The van der Waals surface area contributed by atoms with Crippen LogP contribution in [0.25, 0.3) is 0 Å². The molecule has 5 nitrogen and oxygen atoms in total. The molecule has 1 aliphatic heterocycles. The average molecular weight is 317 g/mol. The van der Waals surface area contributed by atoms with Crippen LogP contribution >= 0.6 is 0 Å². The molecule has 2 aliphatic rings. The van der Waals surface area contributed by atoms with Crippen molar-refractivity contribution in [3.8, 4) is 0 Å². The Balaban J connectivity index is 2.01. The van der Waals surface area contributed by atoms with Gasteiger partial charge in [0.1, 0.15) is 0 Å². The van der Waals surface area contributed by atoms with Crippen molar-refractivity contribution in [3.05, 3.63) is 0 Å². The average Bonchev–Trinajstić information content (AvgIpc) is 2.46. The Kier molecular flexibility index (Phi) is 5.34. The van der Waals surface area contributed by atoms with Crippen LogP contribution in [-0.4, -0.2) is 49.8 Å². The summed E-state index contributed by atoms with van der Waals surface area (Å²) in [6.45, 7) is 6.35. The summed E-state index contributed by atoms with van der Waals surface area (Å²) in [5.41, 5.74) is 6.08. The molecule has 0 aromatic rings. The molecule has 1 unspecified atom stereocenters. The summed E-state index contributed by atoms with van der Waals surface area (Å²) < 4.78 is 28.9. The first kappa shape index (κ1) is 17.2. The van der Waals surface area contributed by atoms with Crippen LogP contribution in [0.5, 0.6) is 0 Å². The summed E-state index contributed by atoms with van der Waals surface area (Å²) in [6.07, 6.45) is 6.11. The Morgan fingerprint density at radius 1 is 1.24 bits per heavy atom. The molecule has 1 atom stereocenters. The Bertz CT molecular complexity index is 440. The van der Waals surface area contributed by atoms with Gasteiger partial charge in [-0.15, -0.1) is 0 Å². The lowest BCUT2D eigenvalue weighted by atomic mass is 9.76. The highest BCUT2D eigenvalue weighted by atomic mass is 32.2. The molecule has 0 aromatic heterocycles. The second-order valence-electron chi connectivity index (χ2n) is 7.52. The van der Waals surface area contributed by atoms with Crippen LogP contribution in [0.1, 0.15) is 52.4 Å². The van der Waals surface area contributed by atoms with Gasteiger partial charge in [-0.25, -0.2) is 0 Å². The van der Waals surface area contributed by atoms with E-state index in [0.29, 0.717) is 31.0 Å². The van der Waals surface area contributed by atoms with Crippen LogP contribution in [0, 0.1) is 11.3 Å². The molecule has 124 valence electrons. The normalized spacial score (nSPS) is 28.9. The van der Waals surface area contributed by atoms with Gasteiger partial charge in [0, 0.05) is 26.2 Å². The van der Waals surface area contributed by atoms with Gasteiger partial charge < -0.3 is 5.73 Å². The monoisotopic (exact) mass is 317 g/mol. The van der Waals surface area contributed by atoms with Crippen molar-refractivity contribution in [1.82, 2.24) is 8.61 Å². The Morgan fingerprint density at radius 3 is 2.43 bits per heavy atom. The van der Waals surface area contributed by atoms with Gasteiger partial charge in [-0.05, 0) is 56.4 Å². The van der Waals surface area contributed by atoms with Crippen molar-refractivity contribution in [3.63, 3.8) is 0 Å². The molecule has 21 heavy (non-hydrogen) atoms. The van der Waals surface area contributed by atoms with Crippen molar-refractivity contribution < 1.29 is 8.42 Å². The lowest BCUT2D eigenvalue weighted by Crippen LogP contribution is -2.51. The van der Waals surface area contributed by atoms with E-state index in [2.05, 4.69) is 13.8 Å². The zero-order valence-corrected chi connectivity index (χ0v) is 14.5. The number of hydrogen-bond donors (Lipinski definition) is 1. The maximum absolute atomic E-state index is 12.8. The third-order valence-corrected chi connectivity index (χ3v) is 7.34. The van der Waals surface area contributed by atoms with Gasteiger partial charge in [-0.2, -0.15) is 17.0 Å². The molecule has 0 amide bonds. The molecule has 1 saturated heterocycles.